The zero-order chi connectivity index (χ0) is 15.6. The predicted octanol–water partition coefficient (Wildman–Crippen LogP) is 3.05. The van der Waals surface area contributed by atoms with Crippen molar-refractivity contribution in [2.75, 3.05) is 0 Å². The zero-order valence-corrected chi connectivity index (χ0v) is 13.5. The van der Waals surface area contributed by atoms with E-state index >= 15 is 0 Å². The van der Waals surface area contributed by atoms with Gasteiger partial charge >= 0.3 is 0 Å². The zero-order valence-electron chi connectivity index (χ0n) is 12.7. The number of nitrogens with zero attached hydrogens (tertiary/aromatic N) is 1. The number of hydrogen-bond acceptors (Lipinski definition) is 3. The number of nitrogens with one attached hydrogen (secondary N) is 1. The minimum absolute atomic E-state index is 0.329. The quantitative estimate of drug-likeness (QED) is 0.944. The summed E-state index contributed by atoms with van der Waals surface area (Å²) in [5, 5.41) is 0. The highest BCUT2D eigenvalue weighted by Crippen LogP contribution is 2.22. The minimum atomic E-state index is -3.56. The molecule has 0 amide bonds. The molecule has 0 spiro atoms. The van der Waals surface area contributed by atoms with Gasteiger partial charge in [0.1, 0.15) is 0 Å². The summed E-state index contributed by atoms with van der Waals surface area (Å²) >= 11 is 0. The Morgan fingerprint density at radius 2 is 1.76 bits per heavy atom. The molecule has 1 atom stereocenters. The SMILES string of the molecule is Cc1cc(C)c(S(=O)(=O)N[C@@H](C)c2cccnc2)cc1C. The van der Waals surface area contributed by atoms with Crippen LogP contribution in [-0.4, -0.2) is 13.4 Å². The lowest BCUT2D eigenvalue weighted by Crippen LogP contribution is -2.27. The van der Waals surface area contributed by atoms with Crippen LogP contribution in [0, 0.1) is 20.8 Å². The molecule has 2 aromatic rings. The van der Waals surface area contributed by atoms with Crippen molar-refractivity contribution in [1.29, 1.82) is 0 Å². The third-order valence-corrected chi connectivity index (χ3v) is 5.28. The third kappa shape index (κ3) is 3.49. The lowest BCUT2D eigenvalue weighted by Gasteiger charge is -2.16. The van der Waals surface area contributed by atoms with Crippen molar-refractivity contribution in [2.45, 2.75) is 38.6 Å². The summed E-state index contributed by atoms with van der Waals surface area (Å²) in [5.41, 5.74) is 3.65. The second-order valence-corrected chi connectivity index (χ2v) is 7.01. The average molecular weight is 304 g/mol. The molecule has 0 saturated heterocycles. The summed E-state index contributed by atoms with van der Waals surface area (Å²) < 4.78 is 27.8. The molecular weight excluding hydrogens is 284 g/mol. The molecule has 0 fully saturated rings. The van der Waals surface area contributed by atoms with Crippen molar-refractivity contribution in [3.63, 3.8) is 0 Å². The molecule has 1 N–H and O–H groups in total. The fourth-order valence-electron chi connectivity index (χ4n) is 2.22. The molecule has 0 unspecified atom stereocenters. The van der Waals surface area contributed by atoms with Crippen LogP contribution in [0.25, 0.3) is 0 Å². The van der Waals surface area contributed by atoms with E-state index in [0.29, 0.717) is 4.90 Å². The summed E-state index contributed by atoms with van der Waals surface area (Å²) in [5.74, 6) is 0. The van der Waals surface area contributed by atoms with E-state index in [1.54, 1.807) is 24.5 Å². The van der Waals surface area contributed by atoms with Gasteiger partial charge in [0.2, 0.25) is 10.0 Å². The highest BCUT2D eigenvalue weighted by Gasteiger charge is 2.21. The second-order valence-electron chi connectivity index (χ2n) is 5.33. The van der Waals surface area contributed by atoms with Crippen LogP contribution in [-0.2, 0) is 10.0 Å². The van der Waals surface area contributed by atoms with E-state index < -0.39 is 10.0 Å². The molecule has 2 rings (SSSR count). The Kier molecular flexibility index (Phi) is 4.44. The molecule has 0 bridgehead atoms. The number of benzene rings is 1. The Balaban J connectivity index is 2.33. The fourth-order valence-corrected chi connectivity index (χ4v) is 3.76. The maximum Gasteiger partial charge on any atom is 0.241 e. The van der Waals surface area contributed by atoms with Gasteiger partial charge in [-0.1, -0.05) is 12.1 Å². The van der Waals surface area contributed by atoms with Crippen LogP contribution in [0.1, 0.15) is 35.2 Å². The van der Waals surface area contributed by atoms with Gasteiger partial charge in [-0.15, -0.1) is 0 Å². The molecule has 0 aliphatic rings. The van der Waals surface area contributed by atoms with Gasteiger partial charge in [0.05, 0.1) is 4.90 Å². The Morgan fingerprint density at radius 3 is 2.38 bits per heavy atom. The Hall–Kier alpha value is -1.72. The van der Waals surface area contributed by atoms with E-state index in [-0.39, 0.29) is 6.04 Å². The molecule has 1 aromatic heterocycles. The monoisotopic (exact) mass is 304 g/mol. The maximum absolute atomic E-state index is 12.6. The summed E-state index contributed by atoms with van der Waals surface area (Å²) in [7, 11) is -3.56. The number of pyridine rings is 1. The first-order valence-electron chi connectivity index (χ1n) is 6.81. The lowest BCUT2D eigenvalue weighted by atomic mass is 10.1. The number of hydrogen-bond donors (Lipinski definition) is 1. The molecule has 0 aliphatic heterocycles. The van der Waals surface area contributed by atoms with Gasteiger partial charge in [0.15, 0.2) is 0 Å². The topological polar surface area (TPSA) is 59.1 Å². The van der Waals surface area contributed by atoms with Gasteiger partial charge in [-0.3, -0.25) is 4.98 Å². The van der Waals surface area contributed by atoms with E-state index in [1.807, 2.05) is 39.8 Å². The fraction of sp³-hybridized carbons (Fsp3) is 0.312. The highest BCUT2D eigenvalue weighted by molar-refractivity contribution is 7.89. The molecule has 5 heteroatoms. The van der Waals surface area contributed by atoms with Crippen LogP contribution < -0.4 is 4.72 Å². The van der Waals surface area contributed by atoms with Crippen molar-refractivity contribution in [3.05, 3.63) is 58.9 Å². The Labute approximate surface area is 126 Å². The lowest BCUT2D eigenvalue weighted by molar-refractivity contribution is 0.566. The molecule has 0 saturated carbocycles. The summed E-state index contributed by atoms with van der Waals surface area (Å²) in [6, 6.07) is 6.95. The van der Waals surface area contributed by atoms with Gasteiger partial charge in [-0.2, -0.15) is 0 Å². The van der Waals surface area contributed by atoms with Crippen molar-refractivity contribution in [3.8, 4) is 0 Å². The number of sulfonamides is 1. The average Bonchev–Trinajstić information content (AvgIpc) is 2.43. The Morgan fingerprint density at radius 1 is 1.10 bits per heavy atom. The van der Waals surface area contributed by atoms with Crippen molar-refractivity contribution in [1.82, 2.24) is 9.71 Å². The standard InChI is InChI=1S/C16H20N2O2S/c1-11-8-13(3)16(9-12(11)2)21(19,20)18-14(4)15-6-5-7-17-10-15/h5-10,14,18H,1-4H3/t14-/m0/s1. The van der Waals surface area contributed by atoms with Crippen molar-refractivity contribution < 1.29 is 8.42 Å². The van der Waals surface area contributed by atoms with E-state index in [2.05, 4.69) is 9.71 Å². The van der Waals surface area contributed by atoms with E-state index in [1.165, 1.54) is 0 Å². The van der Waals surface area contributed by atoms with Gasteiger partial charge in [0.25, 0.3) is 0 Å². The first-order chi connectivity index (χ1) is 9.81. The van der Waals surface area contributed by atoms with Gasteiger partial charge in [-0.05, 0) is 62.1 Å². The van der Waals surface area contributed by atoms with Gasteiger partial charge in [0, 0.05) is 18.4 Å². The summed E-state index contributed by atoms with van der Waals surface area (Å²) in [4.78, 5) is 4.35. The number of rotatable bonds is 4. The molecule has 112 valence electrons. The molecule has 0 radical (unpaired) electrons. The molecule has 4 nitrogen and oxygen atoms in total. The number of aryl methyl sites for hydroxylation is 3. The first-order valence-corrected chi connectivity index (χ1v) is 8.29. The molecular formula is C16H20N2O2S. The van der Waals surface area contributed by atoms with Crippen LogP contribution in [0.5, 0.6) is 0 Å². The van der Waals surface area contributed by atoms with Crippen LogP contribution in [0.15, 0.2) is 41.6 Å². The van der Waals surface area contributed by atoms with E-state index in [0.717, 1.165) is 22.3 Å². The summed E-state index contributed by atoms with van der Waals surface area (Å²) in [6.07, 6.45) is 3.33. The normalized spacial score (nSPS) is 13.1. The van der Waals surface area contributed by atoms with Crippen LogP contribution in [0.2, 0.25) is 0 Å². The Bertz CT molecular complexity index is 740. The first kappa shape index (κ1) is 15.7. The van der Waals surface area contributed by atoms with Crippen LogP contribution >= 0.6 is 0 Å². The highest BCUT2D eigenvalue weighted by atomic mass is 32.2. The molecule has 1 aromatic carbocycles. The van der Waals surface area contributed by atoms with Crippen LogP contribution in [0.3, 0.4) is 0 Å². The molecule has 21 heavy (non-hydrogen) atoms. The summed E-state index contributed by atoms with van der Waals surface area (Å²) in [6.45, 7) is 7.52. The van der Waals surface area contributed by atoms with E-state index in [4.69, 9.17) is 0 Å². The largest absolute Gasteiger partial charge is 0.264 e. The van der Waals surface area contributed by atoms with E-state index in [9.17, 15) is 8.42 Å². The smallest absolute Gasteiger partial charge is 0.241 e. The van der Waals surface area contributed by atoms with Crippen molar-refractivity contribution in [2.24, 2.45) is 0 Å². The molecule has 0 aliphatic carbocycles. The minimum Gasteiger partial charge on any atom is -0.264 e. The second kappa shape index (κ2) is 5.95. The third-order valence-electron chi connectivity index (χ3n) is 3.60. The van der Waals surface area contributed by atoms with Crippen LogP contribution in [0.4, 0.5) is 0 Å². The predicted molar refractivity (Wildman–Crippen MR) is 83.6 cm³/mol. The van der Waals surface area contributed by atoms with Gasteiger partial charge in [-0.25, -0.2) is 13.1 Å². The van der Waals surface area contributed by atoms with Gasteiger partial charge < -0.3 is 0 Å². The maximum atomic E-state index is 12.6. The van der Waals surface area contributed by atoms with Crippen molar-refractivity contribution >= 4 is 10.0 Å². The number of aromatic nitrogens is 1. The molecule has 1 heterocycles.